The highest BCUT2D eigenvalue weighted by Gasteiger charge is 2.15. The van der Waals surface area contributed by atoms with Crippen LogP contribution in [-0.4, -0.2) is 28.7 Å². The number of carbonyl (C=O) groups is 2. The first-order chi connectivity index (χ1) is 11.4. The van der Waals surface area contributed by atoms with Gasteiger partial charge in [-0.05, 0) is 35.7 Å². The summed E-state index contributed by atoms with van der Waals surface area (Å²) in [4.78, 5) is 23.6. The predicted octanol–water partition coefficient (Wildman–Crippen LogP) is 3.02. The molecule has 0 saturated carbocycles. The van der Waals surface area contributed by atoms with Crippen LogP contribution in [0.15, 0.2) is 42.5 Å². The zero-order valence-corrected chi connectivity index (χ0v) is 13.4. The van der Waals surface area contributed by atoms with Crippen LogP contribution in [0.3, 0.4) is 0 Å². The Hall–Kier alpha value is -3.02. The number of phenols is 2. The molecule has 2 aromatic rings. The van der Waals surface area contributed by atoms with Crippen molar-refractivity contribution in [2.45, 2.75) is 19.8 Å². The largest absolute Gasteiger partial charge is 0.508 e. The van der Waals surface area contributed by atoms with Crippen LogP contribution in [0.2, 0.25) is 0 Å². The normalized spacial score (nSPS) is 10.5. The first kappa shape index (κ1) is 17.3. The molecule has 0 spiro atoms. The zero-order chi connectivity index (χ0) is 17.7. The van der Waals surface area contributed by atoms with Gasteiger partial charge in [-0.25, -0.2) is 4.79 Å². The minimum Gasteiger partial charge on any atom is -0.508 e. The Balaban J connectivity index is 1.89. The minimum absolute atomic E-state index is 0.123. The lowest BCUT2D eigenvalue weighted by Crippen LogP contribution is -2.21. The average Bonchev–Trinajstić information content (AvgIpc) is 2.53. The molecule has 0 aliphatic carbocycles. The molecule has 0 aromatic heterocycles. The van der Waals surface area contributed by atoms with Crippen molar-refractivity contribution in [3.8, 4) is 11.5 Å². The fourth-order valence-corrected chi connectivity index (χ4v) is 2.05. The van der Waals surface area contributed by atoms with E-state index in [-0.39, 0.29) is 11.3 Å². The summed E-state index contributed by atoms with van der Waals surface area (Å²) in [6.07, 6.45) is 0. The Morgan fingerprint density at radius 3 is 2.33 bits per heavy atom. The first-order valence-electron chi connectivity index (χ1n) is 7.45. The van der Waals surface area contributed by atoms with Gasteiger partial charge in [0.15, 0.2) is 6.61 Å². The minimum atomic E-state index is -0.849. The monoisotopic (exact) mass is 329 g/mol. The Kier molecular flexibility index (Phi) is 5.42. The van der Waals surface area contributed by atoms with Crippen molar-refractivity contribution in [3.05, 3.63) is 53.6 Å². The molecule has 6 nitrogen and oxygen atoms in total. The maximum absolute atomic E-state index is 11.8. The molecule has 126 valence electrons. The molecular weight excluding hydrogens is 310 g/mol. The van der Waals surface area contributed by atoms with Crippen LogP contribution in [0.5, 0.6) is 11.5 Å². The summed E-state index contributed by atoms with van der Waals surface area (Å²) in [6, 6.07) is 10.9. The number of anilines is 1. The molecule has 24 heavy (non-hydrogen) atoms. The molecule has 3 N–H and O–H groups in total. The second kappa shape index (κ2) is 7.50. The highest BCUT2D eigenvalue weighted by atomic mass is 16.5. The van der Waals surface area contributed by atoms with Crippen molar-refractivity contribution in [1.82, 2.24) is 0 Å². The molecule has 0 unspecified atom stereocenters. The second-order valence-electron chi connectivity index (χ2n) is 5.60. The molecular formula is C18H19NO5. The number of hydrogen-bond acceptors (Lipinski definition) is 5. The van der Waals surface area contributed by atoms with E-state index >= 15 is 0 Å². The Morgan fingerprint density at radius 1 is 1.08 bits per heavy atom. The van der Waals surface area contributed by atoms with Crippen LogP contribution in [0.1, 0.15) is 35.7 Å². The Morgan fingerprint density at radius 2 is 1.75 bits per heavy atom. The molecule has 6 heteroatoms. The number of nitrogens with one attached hydrogen (secondary N) is 1. The van der Waals surface area contributed by atoms with Gasteiger partial charge in [0, 0.05) is 11.8 Å². The molecule has 0 bridgehead atoms. The van der Waals surface area contributed by atoms with Crippen LogP contribution in [0.25, 0.3) is 0 Å². The van der Waals surface area contributed by atoms with Crippen molar-refractivity contribution < 1.29 is 24.5 Å². The van der Waals surface area contributed by atoms with Gasteiger partial charge >= 0.3 is 5.97 Å². The number of rotatable bonds is 5. The van der Waals surface area contributed by atoms with Crippen LogP contribution >= 0.6 is 0 Å². The van der Waals surface area contributed by atoms with Crippen molar-refractivity contribution in [2.24, 2.45) is 0 Å². The fraction of sp³-hybridized carbons (Fsp3) is 0.222. The summed E-state index contributed by atoms with van der Waals surface area (Å²) < 4.78 is 4.85. The summed E-state index contributed by atoms with van der Waals surface area (Å²) >= 11 is 0. The molecule has 2 rings (SSSR count). The van der Waals surface area contributed by atoms with Gasteiger partial charge < -0.3 is 20.3 Å². The van der Waals surface area contributed by atoms with E-state index in [9.17, 15) is 19.8 Å². The highest BCUT2D eigenvalue weighted by Crippen LogP contribution is 2.23. The summed E-state index contributed by atoms with van der Waals surface area (Å²) in [7, 11) is 0. The first-order valence-corrected chi connectivity index (χ1v) is 7.45. The lowest BCUT2D eigenvalue weighted by Gasteiger charge is -2.09. The van der Waals surface area contributed by atoms with Gasteiger partial charge in [0.25, 0.3) is 5.91 Å². The topological polar surface area (TPSA) is 95.9 Å². The quantitative estimate of drug-likeness (QED) is 0.733. The molecule has 0 atom stereocenters. The maximum atomic E-state index is 11.8. The number of hydrogen-bond donors (Lipinski definition) is 3. The van der Waals surface area contributed by atoms with E-state index in [1.807, 2.05) is 12.1 Å². The van der Waals surface area contributed by atoms with Gasteiger partial charge in [-0.2, -0.15) is 0 Å². The van der Waals surface area contributed by atoms with Crippen molar-refractivity contribution in [3.63, 3.8) is 0 Å². The molecule has 0 saturated heterocycles. The SMILES string of the molecule is CC(C)c1ccc(NC(=O)COC(=O)c2ccc(O)cc2O)cc1. The highest BCUT2D eigenvalue weighted by molar-refractivity contribution is 5.96. The zero-order valence-electron chi connectivity index (χ0n) is 13.4. The number of ether oxygens (including phenoxy) is 1. The van der Waals surface area contributed by atoms with E-state index in [1.54, 1.807) is 12.1 Å². The summed E-state index contributed by atoms with van der Waals surface area (Å²) in [5.41, 5.74) is 1.64. The summed E-state index contributed by atoms with van der Waals surface area (Å²) in [5.74, 6) is -1.53. The number of phenolic OH excluding ortho intramolecular Hbond substituents is 2. The number of esters is 1. The molecule has 0 fully saturated rings. The van der Waals surface area contributed by atoms with E-state index in [4.69, 9.17) is 4.74 Å². The van der Waals surface area contributed by atoms with Crippen molar-refractivity contribution in [2.75, 3.05) is 11.9 Å². The summed E-state index contributed by atoms with van der Waals surface area (Å²) in [6.45, 7) is 3.67. The maximum Gasteiger partial charge on any atom is 0.342 e. The van der Waals surface area contributed by atoms with E-state index < -0.39 is 24.2 Å². The Bertz CT molecular complexity index is 738. The van der Waals surface area contributed by atoms with Gasteiger partial charge in [-0.3, -0.25) is 4.79 Å². The molecule has 2 aromatic carbocycles. The van der Waals surface area contributed by atoms with Gasteiger partial charge in [-0.1, -0.05) is 26.0 Å². The molecule has 0 heterocycles. The second-order valence-corrected chi connectivity index (χ2v) is 5.60. The van der Waals surface area contributed by atoms with Crippen molar-refractivity contribution >= 4 is 17.6 Å². The van der Waals surface area contributed by atoms with Gasteiger partial charge in [0.05, 0.1) is 0 Å². The summed E-state index contributed by atoms with van der Waals surface area (Å²) in [5, 5.41) is 21.4. The van der Waals surface area contributed by atoms with Crippen molar-refractivity contribution in [1.29, 1.82) is 0 Å². The number of amides is 1. The van der Waals surface area contributed by atoms with Crippen LogP contribution in [0, 0.1) is 0 Å². The predicted molar refractivity (Wildman–Crippen MR) is 89.2 cm³/mol. The van der Waals surface area contributed by atoms with Crippen LogP contribution in [-0.2, 0) is 9.53 Å². The van der Waals surface area contributed by atoms with E-state index in [2.05, 4.69) is 19.2 Å². The molecule has 0 radical (unpaired) electrons. The van der Waals surface area contributed by atoms with Gasteiger partial charge in [-0.15, -0.1) is 0 Å². The lowest BCUT2D eigenvalue weighted by molar-refractivity contribution is -0.119. The third-order valence-corrected chi connectivity index (χ3v) is 3.40. The Labute approximate surface area is 139 Å². The average molecular weight is 329 g/mol. The van der Waals surface area contributed by atoms with Gasteiger partial charge in [0.2, 0.25) is 0 Å². The number of aromatic hydroxyl groups is 2. The van der Waals surface area contributed by atoms with Crippen LogP contribution < -0.4 is 5.32 Å². The van der Waals surface area contributed by atoms with Gasteiger partial charge in [0.1, 0.15) is 17.1 Å². The van der Waals surface area contributed by atoms with Crippen LogP contribution in [0.4, 0.5) is 5.69 Å². The third kappa shape index (κ3) is 4.49. The third-order valence-electron chi connectivity index (χ3n) is 3.40. The standard InChI is InChI=1S/C18H19NO5/c1-11(2)12-3-5-13(6-4-12)19-17(22)10-24-18(23)15-8-7-14(20)9-16(15)21/h3-9,11,20-21H,10H2,1-2H3,(H,19,22). The number of benzene rings is 2. The molecule has 0 aliphatic heterocycles. The lowest BCUT2D eigenvalue weighted by atomic mass is 10.0. The molecule has 1 amide bonds. The fourth-order valence-electron chi connectivity index (χ4n) is 2.05. The molecule has 0 aliphatic rings. The van der Waals surface area contributed by atoms with E-state index in [1.165, 1.54) is 12.1 Å². The van der Waals surface area contributed by atoms with E-state index in [0.717, 1.165) is 11.6 Å². The smallest absolute Gasteiger partial charge is 0.342 e. The number of carbonyl (C=O) groups excluding carboxylic acids is 2. The van der Waals surface area contributed by atoms with E-state index in [0.29, 0.717) is 11.6 Å².